The Morgan fingerprint density at radius 2 is 1.54 bits per heavy atom. The van der Waals surface area contributed by atoms with Gasteiger partial charge in [-0.1, -0.05) is 32.9 Å². The van der Waals surface area contributed by atoms with E-state index in [1.54, 1.807) is 43.3 Å². The Morgan fingerprint density at radius 3 is 2.11 bits per heavy atom. The highest BCUT2D eigenvalue weighted by atomic mass is 16.5. The third-order valence-electron chi connectivity index (χ3n) is 3.98. The summed E-state index contributed by atoms with van der Waals surface area (Å²) in [5.41, 5.74) is 6.76. The number of nitrogens with one attached hydrogen (secondary N) is 3. The number of carbonyl (C=O) groups excluding carboxylic acids is 3. The summed E-state index contributed by atoms with van der Waals surface area (Å²) >= 11 is 0. The molecule has 0 radical (unpaired) electrons. The van der Waals surface area contributed by atoms with E-state index in [1.165, 1.54) is 5.56 Å². The first-order valence-electron chi connectivity index (χ1n) is 9.11. The fourth-order valence-electron chi connectivity index (χ4n) is 2.29. The molecule has 0 unspecified atom stereocenters. The van der Waals surface area contributed by atoms with Crippen molar-refractivity contribution in [3.05, 3.63) is 59.7 Å². The summed E-state index contributed by atoms with van der Waals surface area (Å²) in [6.45, 7) is 5.73. The minimum Gasteiger partial charge on any atom is -0.484 e. The van der Waals surface area contributed by atoms with Crippen molar-refractivity contribution in [1.29, 1.82) is 0 Å². The first-order valence-corrected chi connectivity index (χ1v) is 9.11. The van der Waals surface area contributed by atoms with Crippen LogP contribution in [0.2, 0.25) is 0 Å². The predicted octanol–water partition coefficient (Wildman–Crippen LogP) is 3.00. The van der Waals surface area contributed by atoms with Gasteiger partial charge < -0.3 is 10.1 Å². The van der Waals surface area contributed by atoms with Crippen molar-refractivity contribution < 1.29 is 19.1 Å². The van der Waals surface area contributed by atoms with Crippen molar-refractivity contribution >= 4 is 23.4 Å². The zero-order chi connectivity index (χ0) is 20.5. The number of hydrazine groups is 1. The molecule has 0 heterocycles. The molecule has 0 atom stereocenters. The van der Waals surface area contributed by atoms with E-state index in [4.69, 9.17) is 4.74 Å². The summed E-state index contributed by atoms with van der Waals surface area (Å²) in [6, 6.07) is 13.9. The molecule has 2 aromatic carbocycles. The smallest absolute Gasteiger partial charge is 0.276 e. The van der Waals surface area contributed by atoms with Gasteiger partial charge in [-0.05, 0) is 47.9 Å². The quantitative estimate of drug-likeness (QED) is 0.641. The maximum atomic E-state index is 12.1. The van der Waals surface area contributed by atoms with Crippen molar-refractivity contribution in [2.75, 3.05) is 11.9 Å². The third-order valence-corrected chi connectivity index (χ3v) is 3.98. The van der Waals surface area contributed by atoms with Gasteiger partial charge in [-0.3, -0.25) is 25.2 Å². The summed E-state index contributed by atoms with van der Waals surface area (Å²) in [4.78, 5) is 35.2. The van der Waals surface area contributed by atoms with Crippen molar-refractivity contribution in [2.24, 2.45) is 0 Å². The molecule has 28 heavy (non-hydrogen) atoms. The van der Waals surface area contributed by atoms with Crippen LogP contribution in [0.5, 0.6) is 5.75 Å². The lowest BCUT2D eigenvalue weighted by Gasteiger charge is -2.10. The number of rotatable bonds is 7. The van der Waals surface area contributed by atoms with Crippen molar-refractivity contribution in [3.63, 3.8) is 0 Å². The molecular formula is C21H25N3O4. The standard InChI is InChI=1S/C21H25N3O4/c1-4-19(25)22-17-9-5-16(6-10-17)21(27)24-23-20(26)13-28-18-11-7-15(8-12-18)14(2)3/h5-12,14H,4,13H2,1-3H3,(H,22,25)(H,23,26)(H,24,27). The molecular weight excluding hydrogens is 358 g/mol. The molecule has 0 bridgehead atoms. The minimum absolute atomic E-state index is 0.108. The molecule has 0 fully saturated rings. The summed E-state index contributed by atoms with van der Waals surface area (Å²) in [6.07, 6.45) is 0.373. The Labute approximate surface area is 164 Å². The zero-order valence-corrected chi connectivity index (χ0v) is 16.2. The van der Waals surface area contributed by atoms with Crippen LogP contribution in [-0.2, 0) is 9.59 Å². The second-order valence-electron chi connectivity index (χ2n) is 6.49. The molecule has 0 aliphatic carbocycles. The van der Waals surface area contributed by atoms with Gasteiger partial charge in [-0.15, -0.1) is 0 Å². The van der Waals surface area contributed by atoms with Crippen LogP contribution in [0.3, 0.4) is 0 Å². The van der Waals surface area contributed by atoms with E-state index in [2.05, 4.69) is 30.0 Å². The molecule has 3 N–H and O–H groups in total. The lowest BCUT2D eigenvalue weighted by molar-refractivity contribution is -0.123. The molecule has 0 aliphatic heterocycles. The number of hydrogen-bond acceptors (Lipinski definition) is 4. The van der Waals surface area contributed by atoms with Crippen LogP contribution in [0.4, 0.5) is 5.69 Å². The van der Waals surface area contributed by atoms with E-state index in [0.717, 1.165) is 0 Å². The molecule has 7 nitrogen and oxygen atoms in total. The molecule has 2 rings (SSSR count). The Kier molecular flexibility index (Phi) is 7.56. The van der Waals surface area contributed by atoms with E-state index in [9.17, 15) is 14.4 Å². The zero-order valence-electron chi connectivity index (χ0n) is 16.2. The lowest BCUT2D eigenvalue weighted by Crippen LogP contribution is -2.43. The van der Waals surface area contributed by atoms with Gasteiger partial charge in [0, 0.05) is 17.7 Å². The minimum atomic E-state index is -0.479. The summed E-state index contributed by atoms with van der Waals surface area (Å²) in [5.74, 6) is -0.0560. The van der Waals surface area contributed by atoms with Gasteiger partial charge in [-0.25, -0.2) is 0 Å². The first-order chi connectivity index (χ1) is 13.4. The molecule has 0 aromatic heterocycles. The lowest BCUT2D eigenvalue weighted by atomic mass is 10.0. The number of ether oxygens (including phenoxy) is 1. The third kappa shape index (κ3) is 6.42. The molecule has 148 valence electrons. The van der Waals surface area contributed by atoms with Crippen LogP contribution in [0.25, 0.3) is 0 Å². The normalized spacial score (nSPS) is 10.3. The summed E-state index contributed by atoms with van der Waals surface area (Å²) in [7, 11) is 0. The first kappa shape index (κ1) is 21.0. The fraction of sp³-hybridized carbons (Fsp3) is 0.286. The monoisotopic (exact) mass is 383 g/mol. The molecule has 3 amide bonds. The van der Waals surface area contributed by atoms with E-state index in [0.29, 0.717) is 29.3 Å². The molecule has 7 heteroatoms. The van der Waals surface area contributed by atoms with Crippen molar-refractivity contribution in [2.45, 2.75) is 33.1 Å². The number of carbonyl (C=O) groups is 3. The highest BCUT2D eigenvalue weighted by Gasteiger charge is 2.09. The average molecular weight is 383 g/mol. The van der Waals surface area contributed by atoms with Crippen LogP contribution in [0.1, 0.15) is 49.0 Å². The van der Waals surface area contributed by atoms with Crippen LogP contribution in [0.15, 0.2) is 48.5 Å². The summed E-state index contributed by atoms with van der Waals surface area (Å²) < 4.78 is 5.40. The van der Waals surface area contributed by atoms with Gasteiger partial charge in [0.05, 0.1) is 0 Å². The van der Waals surface area contributed by atoms with Crippen LogP contribution < -0.4 is 20.9 Å². The Bertz CT molecular complexity index is 815. The number of benzene rings is 2. The van der Waals surface area contributed by atoms with Crippen molar-refractivity contribution in [3.8, 4) is 5.75 Å². The van der Waals surface area contributed by atoms with Gasteiger partial charge in [-0.2, -0.15) is 0 Å². The van der Waals surface area contributed by atoms with E-state index < -0.39 is 11.8 Å². The molecule has 0 spiro atoms. The van der Waals surface area contributed by atoms with E-state index in [1.807, 2.05) is 12.1 Å². The van der Waals surface area contributed by atoms with Crippen LogP contribution in [0, 0.1) is 0 Å². The number of amides is 3. The number of anilines is 1. The topological polar surface area (TPSA) is 96.5 Å². The molecule has 0 aliphatic rings. The second kappa shape index (κ2) is 10.1. The molecule has 0 saturated heterocycles. The van der Waals surface area contributed by atoms with Crippen LogP contribution in [-0.4, -0.2) is 24.3 Å². The fourth-order valence-corrected chi connectivity index (χ4v) is 2.29. The van der Waals surface area contributed by atoms with E-state index in [-0.39, 0.29) is 12.5 Å². The predicted molar refractivity (Wildman–Crippen MR) is 107 cm³/mol. The second-order valence-corrected chi connectivity index (χ2v) is 6.49. The van der Waals surface area contributed by atoms with Gasteiger partial charge in [0.25, 0.3) is 11.8 Å². The van der Waals surface area contributed by atoms with E-state index >= 15 is 0 Å². The Balaban J connectivity index is 1.77. The van der Waals surface area contributed by atoms with Gasteiger partial charge in [0.2, 0.25) is 5.91 Å². The Morgan fingerprint density at radius 1 is 0.893 bits per heavy atom. The maximum absolute atomic E-state index is 12.1. The van der Waals surface area contributed by atoms with Gasteiger partial charge >= 0.3 is 0 Å². The van der Waals surface area contributed by atoms with Gasteiger partial charge in [0.15, 0.2) is 6.61 Å². The number of hydrogen-bond donors (Lipinski definition) is 3. The molecule has 0 saturated carbocycles. The average Bonchev–Trinajstić information content (AvgIpc) is 2.71. The molecule has 2 aromatic rings. The van der Waals surface area contributed by atoms with Crippen LogP contribution >= 0.6 is 0 Å². The SMILES string of the molecule is CCC(=O)Nc1ccc(C(=O)NNC(=O)COc2ccc(C(C)C)cc2)cc1. The Hall–Kier alpha value is -3.35. The largest absolute Gasteiger partial charge is 0.484 e. The van der Waals surface area contributed by atoms with Crippen molar-refractivity contribution in [1.82, 2.24) is 10.9 Å². The maximum Gasteiger partial charge on any atom is 0.276 e. The summed E-state index contributed by atoms with van der Waals surface area (Å²) in [5, 5.41) is 2.69. The highest BCUT2D eigenvalue weighted by Crippen LogP contribution is 2.18. The highest BCUT2D eigenvalue weighted by molar-refractivity contribution is 5.96. The van der Waals surface area contributed by atoms with Gasteiger partial charge in [0.1, 0.15) is 5.75 Å².